The van der Waals surface area contributed by atoms with E-state index in [9.17, 15) is 8.42 Å². The third-order valence-corrected chi connectivity index (χ3v) is 6.30. The van der Waals surface area contributed by atoms with Crippen molar-refractivity contribution in [1.29, 1.82) is 0 Å². The molecule has 2 unspecified atom stereocenters. The zero-order valence-electron chi connectivity index (χ0n) is 13.0. The van der Waals surface area contributed by atoms with Gasteiger partial charge in [0.25, 0.3) is 0 Å². The van der Waals surface area contributed by atoms with Gasteiger partial charge in [-0.15, -0.1) is 12.4 Å². The number of piperidine rings is 1. The fourth-order valence-electron chi connectivity index (χ4n) is 2.43. The van der Waals surface area contributed by atoms with Gasteiger partial charge in [0.2, 0.25) is 10.0 Å². The van der Waals surface area contributed by atoms with Crippen molar-refractivity contribution in [2.75, 3.05) is 32.1 Å². The number of rotatable bonds is 4. The van der Waals surface area contributed by atoms with Gasteiger partial charge in [0.05, 0.1) is 4.90 Å². The van der Waals surface area contributed by atoms with Gasteiger partial charge in [-0.1, -0.05) is 6.92 Å². The van der Waals surface area contributed by atoms with E-state index in [2.05, 4.69) is 32.9 Å². The van der Waals surface area contributed by atoms with E-state index in [4.69, 9.17) is 0 Å². The summed E-state index contributed by atoms with van der Waals surface area (Å²) in [5.41, 5.74) is 0.858. The van der Waals surface area contributed by atoms with Gasteiger partial charge in [-0.3, -0.25) is 0 Å². The summed E-state index contributed by atoms with van der Waals surface area (Å²) in [5, 5.41) is 3.27. The maximum Gasteiger partial charge on any atom is 0.242 e. The molecule has 5 nitrogen and oxygen atoms in total. The van der Waals surface area contributed by atoms with Crippen molar-refractivity contribution < 1.29 is 8.42 Å². The maximum atomic E-state index is 12.7. The monoisotopic (exact) mass is 411 g/mol. The van der Waals surface area contributed by atoms with Gasteiger partial charge in [-0.2, -0.15) is 0 Å². The van der Waals surface area contributed by atoms with E-state index < -0.39 is 10.0 Å². The van der Waals surface area contributed by atoms with Crippen LogP contribution in [0.15, 0.2) is 27.6 Å². The third-order valence-electron chi connectivity index (χ3n) is 3.81. The van der Waals surface area contributed by atoms with E-state index in [0.717, 1.165) is 25.2 Å². The van der Waals surface area contributed by atoms with E-state index in [1.54, 1.807) is 12.1 Å². The Balaban J connectivity index is 0.00000242. The number of anilines is 1. The smallest absolute Gasteiger partial charge is 0.242 e. The zero-order chi connectivity index (χ0) is 15.6. The highest BCUT2D eigenvalue weighted by Crippen LogP contribution is 2.27. The molecule has 2 N–H and O–H groups in total. The molecule has 0 bridgehead atoms. The van der Waals surface area contributed by atoms with Gasteiger partial charge in [-0.05, 0) is 59.6 Å². The number of sulfonamides is 1. The Kier molecular flexibility index (Phi) is 7.14. The van der Waals surface area contributed by atoms with Crippen LogP contribution in [0.4, 0.5) is 5.69 Å². The number of nitrogens with zero attached hydrogens (tertiary/aromatic N) is 1. The first kappa shape index (κ1) is 19.7. The van der Waals surface area contributed by atoms with E-state index in [1.165, 1.54) is 0 Å². The van der Waals surface area contributed by atoms with Crippen molar-refractivity contribution in [3.63, 3.8) is 0 Å². The van der Waals surface area contributed by atoms with Crippen molar-refractivity contribution in [2.45, 2.75) is 24.3 Å². The largest absolute Gasteiger partial charge is 0.378 e. The van der Waals surface area contributed by atoms with Crippen LogP contribution in [0.5, 0.6) is 0 Å². The first-order chi connectivity index (χ1) is 9.81. The molecule has 1 fully saturated rings. The number of nitrogens with one attached hydrogen (secondary N) is 2. The molecule has 22 heavy (non-hydrogen) atoms. The molecule has 1 aromatic carbocycles. The molecule has 1 aliphatic heterocycles. The van der Waals surface area contributed by atoms with Crippen molar-refractivity contribution >= 4 is 44.0 Å². The molecule has 8 heteroatoms. The van der Waals surface area contributed by atoms with Crippen LogP contribution in [-0.2, 0) is 10.0 Å². The normalized spacial score (nSPS) is 22.0. The van der Waals surface area contributed by atoms with Crippen molar-refractivity contribution in [2.24, 2.45) is 5.92 Å². The van der Waals surface area contributed by atoms with E-state index in [-0.39, 0.29) is 24.4 Å². The average Bonchev–Trinajstić information content (AvgIpc) is 2.41. The highest BCUT2D eigenvalue weighted by atomic mass is 79.9. The summed E-state index contributed by atoms with van der Waals surface area (Å²) < 4.78 is 28.8. The Bertz CT molecular complexity index is 610. The molecule has 0 aliphatic carbocycles. The summed E-state index contributed by atoms with van der Waals surface area (Å²) >= 11 is 3.35. The molecular weight excluding hydrogens is 390 g/mol. The minimum atomic E-state index is -3.53. The highest BCUT2D eigenvalue weighted by Gasteiger charge is 2.28. The Morgan fingerprint density at radius 3 is 2.64 bits per heavy atom. The van der Waals surface area contributed by atoms with Crippen molar-refractivity contribution in [3.8, 4) is 0 Å². The maximum absolute atomic E-state index is 12.7. The van der Waals surface area contributed by atoms with Crippen LogP contribution in [0.1, 0.15) is 13.3 Å². The second-order valence-electron chi connectivity index (χ2n) is 5.71. The van der Waals surface area contributed by atoms with Crippen LogP contribution in [0, 0.1) is 5.92 Å². The lowest BCUT2D eigenvalue weighted by atomic mass is 9.97. The van der Waals surface area contributed by atoms with Crippen LogP contribution in [0.25, 0.3) is 0 Å². The molecule has 126 valence electrons. The number of halogens is 2. The third kappa shape index (κ3) is 4.58. The lowest BCUT2D eigenvalue weighted by molar-refractivity contribution is 0.328. The van der Waals surface area contributed by atoms with Crippen molar-refractivity contribution in [1.82, 2.24) is 10.0 Å². The van der Waals surface area contributed by atoms with Crippen LogP contribution < -0.4 is 14.9 Å². The standard InChI is InChI=1S/C14H22BrN3O2S.ClH/c1-10-9-16-7-6-13(10)17-21(19,20)14-8-11(18(2)3)4-5-12(14)15;/h4-5,8,10,13,16-17H,6-7,9H2,1-3H3;1H. The average molecular weight is 413 g/mol. The predicted molar refractivity (Wildman–Crippen MR) is 96.5 cm³/mol. The van der Waals surface area contributed by atoms with Crippen molar-refractivity contribution in [3.05, 3.63) is 22.7 Å². The second-order valence-corrected chi connectivity index (χ2v) is 8.24. The minimum Gasteiger partial charge on any atom is -0.378 e. The van der Waals surface area contributed by atoms with E-state index in [0.29, 0.717) is 9.37 Å². The molecule has 0 spiro atoms. The summed E-state index contributed by atoms with van der Waals surface area (Å²) in [7, 11) is 0.251. The molecule has 0 saturated carbocycles. The molecule has 1 aromatic rings. The molecule has 0 radical (unpaired) electrons. The molecule has 2 rings (SSSR count). The SMILES string of the molecule is CC1CNCCC1NS(=O)(=O)c1cc(N(C)C)ccc1Br.Cl. The van der Waals surface area contributed by atoms with Gasteiger partial charge in [0, 0.05) is 30.3 Å². The summed E-state index contributed by atoms with van der Waals surface area (Å²) in [6, 6.07) is 5.33. The first-order valence-corrected chi connectivity index (χ1v) is 9.29. The van der Waals surface area contributed by atoms with Crippen LogP contribution in [0.2, 0.25) is 0 Å². The van der Waals surface area contributed by atoms with Gasteiger partial charge < -0.3 is 10.2 Å². The lowest BCUT2D eigenvalue weighted by Gasteiger charge is -2.30. The molecule has 1 aliphatic rings. The highest BCUT2D eigenvalue weighted by molar-refractivity contribution is 9.10. The summed E-state index contributed by atoms with van der Waals surface area (Å²) in [6.45, 7) is 3.74. The number of hydrogen-bond donors (Lipinski definition) is 2. The minimum absolute atomic E-state index is 0. The summed E-state index contributed by atoms with van der Waals surface area (Å²) in [6.07, 6.45) is 0.811. The van der Waals surface area contributed by atoms with Crippen LogP contribution >= 0.6 is 28.3 Å². The fourth-order valence-corrected chi connectivity index (χ4v) is 4.79. The summed E-state index contributed by atoms with van der Waals surface area (Å²) in [4.78, 5) is 2.18. The van der Waals surface area contributed by atoms with Gasteiger partial charge >= 0.3 is 0 Å². The first-order valence-electron chi connectivity index (χ1n) is 7.01. The predicted octanol–water partition coefficient (Wildman–Crippen LogP) is 2.21. The molecule has 1 saturated heterocycles. The Hall–Kier alpha value is -0.340. The Morgan fingerprint density at radius 1 is 1.36 bits per heavy atom. The quantitative estimate of drug-likeness (QED) is 0.796. The topological polar surface area (TPSA) is 61.4 Å². The number of hydrogen-bond acceptors (Lipinski definition) is 4. The van der Waals surface area contributed by atoms with Gasteiger partial charge in [-0.25, -0.2) is 13.1 Å². The molecule has 2 atom stereocenters. The van der Waals surface area contributed by atoms with Gasteiger partial charge in [0.15, 0.2) is 0 Å². The van der Waals surface area contributed by atoms with E-state index in [1.807, 2.05) is 25.1 Å². The number of benzene rings is 1. The summed E-state index contributed by atoms with van der Waals surface area (Å²) in [5.74, 6) is 0.282. The molecule has 1 heterocycles. The molecule has 0 aromatic heterocycles. The molecule has 0 amide bonds. The van der Waals surface area contributed by atoms with E-state index >= 15 is 0 Å². The molecular formula is C14H23BrClN3O2S. The Labute approximate surface area is 147 Å². The van der Waals surface area contributed by atoms with Crippen LogP contribution in [-0.4, -0.2) is 41.6 Å². The van der Waals surface area contributed by atoms with Gasteiger partial charge in [0.1, 0.15) is 0 Å². The second kappa shape index (κ2) is 7.97. The zero-order valence-corrected chi connectivity index (χ0v) is 16.2. The van der Waals surface area contributed by atoms with Crippen LogP contribution in [0.3, 0.4) is 0 Å². The fraction of sp³-hybridized carbons (Fsp3) is 0.571. The lowest BCUT2D eigenvalue weighted by Crippen LogP contribution is -2.48. The Morgan fingerprint density at radius 2 is 2.05 bits per heavy atom.